The molecule has 1 nitrogen and oxygen atoms in total. The van der Waals surface area contributed by atoms with Gasteiger partial charge in [-0.3, -0.25) is 0 Å². The molecule has 1 heterocycles. The molecule has 0 aromatic rings. The van der Waals surface area contributed by atoms with E-state index in [0.717, 1.165) is 19.4 Å². The SMILES string of the molecule is ClC(Cl)=C(Cl)C1CCCO1. The molecule has 0 amide bonds. The highest BCUT2D eigenvalue weighted by molar-refractivity contribution is 6.59. The Bertz CT molecular complexity index is 145. The van der Waals surface area contributed by atoms with E-state index in [0.29, 0.717) is 5.03 Å². The molecule has 1 unspecified atom stereocenters. The van der Waals surface area contributed by atoms with Gasteiger partial charge in [-0.25, -0.2) is 0 Å². The standard InChI is InChI=1S/C6H7Cl3O/c7-5(6(8)9)4-2-1-3-10-4/h4H,1-3H2. The zero-order valence-corrected chi connectivity index (χ0v) is 7.51. The van der Waals surface area contributed by atoms with Crippen LogP contribution in [0.2, 0.25) is 0 Å². The van der Waals surface area contributed by atoms with Crippen molar-refractivity contribution in [3.05, 3.63) is 9.52 Å². The highest BCUT2D eigenvalue weighted by Gasteiger charge is 2.20. The van der Waals surface area contributed by atoms with Gasteiger partial charge >= 0.3 is 0 Å². The van der Waals surface area contributed by atoms with Gasteiger partial charge in [-0.05, 0) is 12.8 Å². The summed E-state index contributed by atoms with van der Waals surface area (Å²) in [6, 6.07) is 0. The molecule has 0 aromatic heterocycles. The van der Waals surface area contributed by atoms with Crippen LogP contribution in [0.1, 0.15) is 12.8 Å². The predicted molar refractivity (Wildman–Crippen MR) is 43.6 cm³/mol. The van der Waals surface area contributed by atoms with Crippen LogP contribution in [0.25, 0.3) is 0 Å². The van der Waals surface area contributed by atoms with Crippen molar-refractivity contribution in [2.75, 3.05) is 6.61 Å². The lowest BCUT2D eigenvalue weighted by molar-refractivity contribution is 0.142. The Morgan fingerprint density at radius 3 is 2.40 bits per heavy atom. The molecule has 0 aromatic carbocycles. The Hall–Kier alpha value is 0.570. The highest BCUT2D eigenvalue weighted by atomic mass is 35.5. The van der Waals surface area contributed by atoms with E-state index in [-0.39, 0.29) is 10.6 Å². The summed E-state index contributed by atoms with van der Waals surface area (Å²) in [5.74, 6) is 0. The van der Waals surface area contributed by atoms with Crippen LogP contribution in [0.3, 0.4) is 0 Å². The Labute approximate surface area is 74.9 Å². The fourth-order valence-corrected chi connectivity index (χ4v) is 1.31. The first-order valence-corrected chi connectivity index (χ1v) is 4.17. The van der Waals surface area contributed by atoms with Crippen LogP contribution in [0.5, 0.6) is 0 Å². The normalized spacial score (nSPS) is 24.9. The van der Waals surface area contributed by atoms with Crippen LogP contribution < -0.4 is 0 Å². The van der Waals surface area contributed by atoms with Gasteiger partial charge in [-0.15, -0.1) is 0 Å². The minimum Gasteiger partial charge on any atom is -0.373 e. The molecule has 0 saturated carbocycles. The Morgan fingerprint density at radius 2 is 2.00 bits per heavy atom. The minimum absolute atomic E-state index is 0.0633. The third kappa shape index (κ3) is 2.03. The summed E-state index contributed by atoms with van der Waals surface area (Å²) < 4.78 is 5.34. The van der Waals surface area contributed by atoms with E-state index >= 15 is 0 Å². The van der Waals surface area contributed by atoms with Crippen molar-refractivity contribution < 1.29 is 4.74 Å². The molecule has 1 saturated heterocycles. The molecule has 0 spiro atoms. The Kier molecular flexibility index (Phi) is 3.31. The van der Waals surface area contributed by atoms with Crippen molar-refractivity contribution in [3.63, 3.8) is 0 Å². The summed E-state index contributed by atoms with van der Waals surface area (Å²) in [5.41, 5.74) is 0. The van der Waals surface area contributed by atoms with Crippen LogP contribution in [0.15, 0.2) is 9.52 Å². The largest absolute Gasteiger partial charge is 0.373 e. The molecule has 1 rings (SSSR count). The molecular weight excluding hydrogens is 194 g/mol. The zero-order valence-electron chi connectivity index (χ0n) is 5.24. The second-order valence-electron chi connectivity index (χ2n) is 2.11. The average Bonchev–Trinajstić information content (AvgIpc) is 2.36. The molecule has 1 fully saturated rings. The quantitative estimate of drug-likeness (QED) is 0.634. The monoisotopic (exact) mass is 200 g/mol. The first kappa shape index (κ1) is 8.66. The number of rotatable bonds is 1. The van der Waals surface area contributed by atoms with Crippen LogP contribution >= 0.6 is 34.8 Å². The van der Waals surface area contributed by atoms with Crippen molar-refractivity contribution in [3.8, 4) is 0 Å². The molecule has 0 aliphatic carbocycles. The fraction of sp³-hybridized carbons (Fsp3) is 0.667. The topological polar surface area (TPSA) is 9.23 Å². The first-order valence-electron chi connectivity index (χ1n) is 3.04. The summed E-state index contributed by atoms with van der Waals surface area (Å²) >= 11 is 16.6. The second kappa shape index (κ2) is 3.82. The number of halogens is 3. The van der Waals surface area contributed by atoms with Crippen LogP contribution in [0.4, 0.5) is 0 Å². The number of hydrogen-bond acceptors (Lipinski definition) is 1. The third-order valence-corrected chi connectivity index (χ3v) is 2.43. The minimum atomic E-state index is -0.0633. The van der Waals surface area contributed by atoms with Gasteiger partial charge in [0.25, 0.3) is 0 Å². The van der Waals surface area contributed by atoms with Gasteiger partial charge in [0.2, 0.25) is 0 Å². The second-order valence-corrected chi connectivity index (χ2v) is 3.47. The van der Waals surface area contributed by atoms with Crippen LogP contribution in [-0.4, -0.2) is 12.7 Å². The van der Waals surface area contributed by atoms with Gasteiger partial charge in [0.15, 0.2) is 0 Å². The molecule has 0 bridgehead atoms. The maximum atomic E-state index is 5.71. The molecule has 0 radical (unpaired) electrons. The van der Waals surface area contributed by atoms with E-state index in [4.69, 9.17) is 39.5 Å². The molecule has 10 heavy (non-hydrogen) atoms. The Morgan fingerprint density at radius 1 is 1.30 bits per heavy atom. The van der Waals surface area contributed by atoms with Crippen LogP contribution in [-0.2, 0) is 4.74 Å². The lowest BCUT2D eigenvalue weighted by Gasteiger charge is -2.06. The van der Waals surface area contributed by atoms with Gasteiger partial charge in [-0.1, -0.05) is 34.8 Å². The number of hydrogen-bond donors (Lipinski definition) is 0. The van der Waals surface area contributed by atoms with E-state index in [1.807, 2.05) is 0 Å². The maximum Gasteiger partial charge on any atom is 0.123 e. The van der Waals surface area contributed by atoms with Crippen molar-refractivity contribution in [1.29, 1.82) is 0 Å². The van der Waals surface area contributed by atoms with Crippen molar-refractivity contribution >= 4 is 34.8 Å². The van der Waals surface area contributed by atoms with E-state index in [9.17, 15) is 0 Å². The summed E-state index contributed by atoms with van der Waals surface area (Å²) in [4.78, 5) is 0. The highest BCUT2D eigenvalue weighted by Crippen LogP contribution is 2.28. The number of ether oxygens (including phenoxy) is 1. The fourth-order valence-electron chi connectivity index (χ4n) is 0.899. The molecule has 1 aliphatic heterocycles. The van der Waals surface area contributed by atoms with Gasteiger partial charge in [-0.2, -0.15) is 0 Å². The average molecular weight is 201 g/mol. The molecule has 1 atom stereocenters. The van der Waals surface area contributed by atoms with Crippen molar-refractivity contribution in [2.45, 2.75) is 18.9 Å². The van der Waals surface area contributed by atoms with Crippen LogP contribution in [0, 0.1) is 0 Å². The van der Waals surface area contributed by atoms with Gasteiger partial charge in [0.05, 0.1) is 11.1 Å². The summed E-state index contributed by atoms with van der Waals surface area (Å²) in [7, 11) is 0. The van der Waals surface area contributed by atoms with Crippen molar-refractivity contribution in [2.24, 2.45) is 0 Å². The van der Waals surface area contributed by atoms with Gasteiger partial charge in [0, 0.05) is 6.61 Å². The van der Waals surface area contributed by atoms with E-state index < -0.39 is 0 Å². The smallest absolute Gasteiger partial charge is 0.123 e. The first-order chi connectivity index (χ1) is 4.72. The molecule has 4 heteroatoms. The molecule has 0 N–H and O–H groups in total. The lowest BCUT2D eigenvalue weighted by Crippen LogP contribution is -2.04. The summed E-state index contributed by atoms with van der Waals surface area (Å²) in [6.45, 7) is 0.752. The van der Waals surface area contributed by atoms with Gasteiger partial charge < -0.3 is 4.74 Å². The molecule has 58 valence electrons. The predicted octanol–water partition coefficient (Wildman–Crippen LogP) is 3.05. The van der Waals surface area contributed by atoms with Crippen molar-refractivity contribution in [1.82, 2.24) is 0 Å². The van der Waals surface area contributed by atoms with E-state index in [1.165, 1.54) is 0 Å². The van der Waals surface area contributed by atoms with E-state index in [1.54, 1.807) is 0 Å². The summed E-state index contributed by atoms with van der Waals surface area (Å²) in [6.07, 6.45) is 1.88. The van der Waals surface area contributed by atoms with E-state index in [2.05, 4.69) is 0 Å². The molecule has 1 aliphatic rings. The summed E-state index contributed by atoms with van der Waals surface area (Å²) in [5, 5.41) is 0.431. The lowest BCUT2D eigenvalue weighted by atomic mass is 10.2. The molecular formula is C6H7Cl3O. The zero-order chi connectivity index (χ0) is 7.56. The Balaban J connectivity index is 2.56. The third-order valence-electron chi connectivity index (χ3n) is 1.39. The van der Waals surface area contributed by atoms with Gasteiger partial charge in [0.1, 0.15) is 4.49 Å². The maximum absolute atomic E-state index is 5.71.